The molecule has 0 atom stereocenters. The number of H-pyrrole nitrogens is 1. The summed E-state index contributed by atoms with van der Waals surface area (Å²) in [6.07, 6.45) is 1.29. The van der Waals surface area contributed by atoms with Gasteiger partial charge in [0.2, 0.25) is 5.88 Å². The van der Waals surface area contributed by atoms with Gasteiger partial charge in [-0.2, -0.15) is 0 Å². The predicted octanol–water partition coefficient (Wildman–Crippen LogP) is 3.05. The number of hydrogen-bond acceptors (Lipinski definition) is 3. The van der Waals surface area contributed by atoms with Gasteiger partial charge >= 0.3 is 0 Å². The molecule has 0 aliphatic rings. The molecular weight excluding hydrogens is 284 g/mol. The first kappa shape index (κ1) is 13.4. The minimum atomic E-state index is -0.496. The topological polar surface area (TPSA) is 58.0 Å². The summed E-state index contributed by atoms with van der Waals surface area (Å²) in [5, 5.41) is 10.7. The monoisotopic (exact) mass is 292 g/mol. The van der Waals surface area contributed by atoms with Crippen molar-refractivity contribution in [3.63, 3.8) is 0 Å². The normalized spacial score (nSPS) is 9.95. The number of rotatable bonds is 2. The lowest BCUT2D eigenvalue weighted by atomic mass is 10.2. The van der Waals surface area contributed by atoms with Gasteiger partial charge in [-0.3, -0.25) is 14.3 Å². The van der Waals surface area contributed by atoms with E-state index in [0.29, 0.717) is 10.7 Å². The van der Waals surface area contributed by atoms with Crippen LogP contribution in [-0.2, 0) is 0 Å². The van der Waals surface area contributed by atoms with Crippen LogP contribution >= 0.6 is 23.8 Å². The lowest BCUT2D eigenvalue weighted by molar-refractivity contribution is 0.432. The van der Waals surface area contributed by atoms with E-state index in [1.54, 1.807) is 24.3 Å². The third-order valence-electron chi connectivity index (χ3n) is 2.45. The van der Waals surface area contributed by atoms with Crippen molar-refractivity contribution in [2.24, 2.45) is 0 Å². The van der Waals surface area contributed by atoms with Crippen LogP contribution in [0, 0.1) is 4.77 Å². The second-order valence-electron chi connectivity index (χ2n) is 3.66. The number of nitrogens with zero attached hydrogens (tertiary/aromatic N) is 1. The molecule has 0 amide bonds. The molecule has 1 heterocycles. The second-order valence-corrected chi connectivity index (χ2v) is 4.48. The van der Waals surface area contributed by atoms with Crippen LogP contribution in [0.1, 0.15) is 5.56 Å². The van der Waals surface area contributed by atoms with Gasteiger partial charge in [-0.15, -0.1) is 5.73 Å². The molecule has 19 heavy (non-hydrogen) atoms. The lowest BCUT2D eigenvalue weighted by Crippen LogP contribution is -2.15. The maximum Gasteiger partial charge on any atom is 0.263 e. The van der Waals surface area contributed by atoms with Crippen molar-refractivity contribution in [3.05, 3.63) is 62.3 Å². The van der Waals surface area contributed by atoms with Crippen LogP contribution in [-0.4, -0.2) is 14.7 Å². The van der Waals surface area contributed by atoms with Gasteiger partial charge in [0.25, 0.3) is 5.56 Å². The molecule has 0 fully saturated rings. The van der Waals surface area contributed by atoms with Gasteiger partial charge in [0.15, 0.2) is 4.77 Å². The highest BCUT2D eigenvalue weighted by molar-refractivity contribution is 7.71. The number of hydrogen-bond donors (Lipinski definition) is 2. The largest absolute Gasteiger partial charge is 0.494 e. The first-order chi connectivity index (χ1) is 9.04. The fourth-order valence-corrected chi connectivity index (χ4v) is 2.01. The SMILES string of the molecule is C=C=Cc1c(O)n(-c2ccc(Cl)cc2)c(=S)[nH]c1=O. The molecule has 2 aromatic rings. The molecule has 0 saturated carbocycles. The van der Waals surface area contributed by atoms with E-state index in [9.17, 15) is 9.90 Å². The molecular formula is C13H9ClN2O2S. The summed E-state index contributed by atoms with van der Waals surface area (Å²) >= 11 is 10.9. The van der Waals surface area contributed by atoms with Crippen molar-refractivity contribution in [2.45, 2.75) is 0 Å². The Kier molecular flexibility index (Phi) is 3.71. The molecule has 96 valence electrons. The van der Waals surface area contributed by atoms with E-state index in [2.05, 4.69) is 17.3 Å². The van der Waals surface area contributed by atoms with Gasteiger partial charge in [0, 0.05) is 5.02 Å². The summed E-state index contributed by atoms with van der Waals surface area (Å²) in [5.41, 5.74) is 2.58. The van der Waals surface area contributed by atoms with Crippen LogP contribution < -0.4 is 5.56 Å². The Morgan fingerprint density at radius 1 is 1.42 bits per heavy atom. The van der Waals surface area contributed by atoms with Crippen molar-refractivity contribution in [3.8, 4) is 11.6 Å². The van der Waals surface area contributed by atoms with E-state index in [1.165, 1.54) is 10.6 Å². The average Bonchev–Trinajstić information content (AvgIpc) is 2.36. The van der Waals surface area contributed by atoms with Crippen molar-refractivity contribution in [1.29, 1.82) is 0 Å². The van der Waals surface area contributed by atoms with Crippen molar-refractivity contribution >= 4 is 29.9 Å². The summed E-state index contributed by atoms with van der Waals surface area (Å²) in [5.74, 6) is -0.271. The summed E-state index contributed by atoms with van der Waals surface area (Å²) in [4.78, 5) is 14.1. The van der Waals surface area contributed by atoms with Crippen LogP contribution in [0.4, 0.5) is 0 Å². The Bertz CT molecular complexity index is 784. The van der Waals surface area contributed by atoms with E-state index >= 15 is 0 Å². The molecule has 4 nitrogen and oxygen atoms in total. The van der Waals surface area contributed by atoms with Crippen LogP contribution in [0.2, 0.25) is 5.02 Å². The van der Waals surface area contributed by atoms with E-state index < -0.39 is 5.56 Å². The van der Waals surface area contributed by atoms with Crippen LogP contribution in [0.15, 0.2) is 41.4 Å². The van der Waals surface area contributed by atoms with Gasteiger partial charge in [0.05, 0.1) is 5.69 Å². The average molecular weight is 293 g/mol. The quantitative estimate of drug-likeness (QED) is 0.661. The van der Waals surface area contributed by atoms with Crippen LogP contribution in [0.3, 0.4) is 0 Å². The second kappa shape index (κ2) is 5.28. The van der Waals surface area contributed by atoms with Crippen LogP contribution in [0.25, 0.3) is 11.8 Å². The highest BCUT2D eigenvalue weighted by atomic mass is 35.5. The third-order valence-corrected chi connectivity index (χ3v) is 2.99. The van der Waals surface area contributed by atoms with Crippen LogP contribution in [0.5, 0.6) is 5.88 Å². The minimum Gasteiger partial charge on any atom is -0.494 e. The molecule has 0 spiro atoms. The minimum absolute atomic E-state index is 0.0403. The Hall–Kier alpha value is -2.07. The highest BCUT2D eigenvalue weighted by Gasteiger charge is 2.11. The third kappa shape index (κ3) is 2.53. The van der Waals surface area contributed by atoms with Gasteiger partial charge < -0.3 is 5.11 Å². The zero-order chi connectivity index (χ0) is 14.0. The van der Waals surface area contributed by atoms with Gasteiger partial charge in [-0.1, -0.05) is 18.2 Å². The van der Waals surface area contributed by atoms with E-state index in [0.717, 1.165) is 0 Å². The number of halogens is 1. The number of benzene rings is 1. The Morgan fingerprint density at radius 2 is 2.05 bits per heavy atom. The smallest absolute Gasteiger partial charge is 0.263 e. The summed E-state index contributed by atoms with van der Waals surface area (Å²) in [6.45, 7) is 3.38. The molecule has 0 aliphatic heterocycles. The molecule has 1 aromatic heterocycles. The highest BCUT2D eigenvalue weighted by Crippen LogP contribution is 2.21. The first-order valence-corrected chi connectivity index (χ1v) is 6.03. The van der Waals surface area contributed by atoms with Crippen molar-refractivity contribution < 1.29 is 5.11 Å². The molecule has 0 aliphatic carbocycles. The molecule has 6 heteroatoms. The molecule has 2 rings (SSSR count). The zero-order valence-electron chi connectivity index (χ0n) is 9.68. The fourth-order valence-electron chi connectivity index (χ4n) is 1.60. The maximum atomic E-state index is 11.7. The summed E-state index contributed by atoms with van der Waals surface area (Å²) < 4.78 is 1.42. The Morgan fingerprint density at radius 3 is 2.63 bits per heavy atom. The van der Waals surface area contributed by atoms with E-state index in [4.69, 9.17) is 23.8 Å². The molecule has 0 saturated heterocycles. The number of aromatic hydroxyl groups is 1. The zero-order valence-corrected chi connectivity index (χ0v) is 11.3. The molecule has 0 unspecified atom stereocenters. The fraction of sp³-hybridized carbons (Fsp3) is 0. The molecule has 1 aromatic carbocycles. The standard InChI is InChI=1S/C13H9ClN2O2S/c1-2-3-10-11(17)15-13(19)16(12(10)18)9-6-4-8(14)5-7-9/h3-7,18H,1H2,(H,15,17,19). The molecule has 0 radical (unpaired) electrons. The lowest BCUT2D eigenvalue weighted by Gasteiger charge is -2.10. The Labute approximate surface area is 118 Å². The van der Waals surface area contributed by atoms with Gasteiger partial charge in [0.1, 0.15) is 5.56 Å². The summed E-state index contributed by atoms with van der Waals surface area (Å²) in [6, 6.07) is 6.67. The van der Waals surface area contributed by atoms with E-state index in [-0.39, 0.29) is 16.2 Å². The van der Waals surface area contributed by atoms with Gasteiger partial charge in [-0.25, -0.2) is 0 Å². The Balaban J connectivity index is 2.80. The summed E-state index contributed by atoms with van der Waals surface area (Å²) in [7, 11) is 0. The molecule has 0 bridgehead atoms. The predicted molar refractivity (Wildman–Crippen MR) is 77.5 cm³/mol. The first-order valence-electron chi connectivity index (χ1n) is 5.24. The number of aromatic amines is 1. The van der Waals surface area contributed by atoms with Gasteiger partial charge in [-0.05, 0) is 42.6 Å². The van der Waals surface area contributed by atoms with Crippen molar-refractivity contribution in [2.75, 3.05) is 0 Å². The molecule has 2 N–H and O–H groups in total. The maximum absolute atomic E-state index is 11.7. The number of aromatic nitrogens is 2. The van der Waals surface area contributed by atoms with E-state index in [1.807, 2.05) is 0 Å². The number of nitrogens with one attached hydrogen (secondary N) is 1. The van der Waals surface area contributed by atoms with Crippen molar-refractivity contribution in [1.82, 2.24) is 9.55 Å².